The van der Waals surface area contributed by atoms with Crippen LogP contribution in [-0.2, 0) is 14.8 Å². The first-order valence-electron chi connectivity index (χ1n) is 8.65. The third-order valence-electron chi connectivity index (χ3n) is 4.17. The maximum Gasteiger partial charge on any atom is 0.573 e. The van der Waals surface area contributed by atoms with Crippen LogP contribution in [0, 0.1) is 0 Å². The number of hydrogen-bond donors (Lipinski definition) is 1. The SMILES string of the molecule is CN(CC(=O)Nc1ccc(OC(F)(F)F)cc1)S(=O)(=O)c1ccc2ccccc2c1. The van der Waals surface area contributed by atoms with E-state index in [0.717, 1.165) is 27.2 Å². The lowest BCUT2D eigenvalue weighted by Gasteiger charge is -2.17. The maximum atomic E-state index is 12.8. The van der Waals surface area contributed by atoms with E-state index in [0.29, 0.717) is 0 Å². The van der Waals surface area contributed by atoms with E-state index in [9.17, 15) is 26.4 Å². The molecule has 1 amide bonds. The Kier molecular flexibility index (Phi) is 5.99. The van der Waals surface area contributed by atoms with Crippen molar-refractivity contribution in [3.63, 3.8) is 0 Å². The molecule has 0 aliphatic heterocycles. The van der Waals surface area contributed by atoms with Crippen molar-refractivity contribution in [1.29, 1.82) is 0 Å². The molecule has 0 aliphatic rings. The molecular formula is C20H17F3N2O4S. The number of halogens is 3. The molecule has 0 heterocycles. The fourth-order valence-electron chi connectivity index (χ4n) is 2.74. The Labute approximate surface area is 170 Å². The first-order valence-corrected chi connectivity index (χ1v) is 10.1. The summed E-state index contributed by atoms with van der Waals surface area (Å²) < 4.78 is 66.7. The molecule has 0 atom stereocenters. The summed E-state index contributed by atoms with van der Waals surface area (Å²) in [6.07, 6.45) is -4.81. The number of nitrogens with zero attached hydrogens (tertiary/aromatic N) is 1. The summed E-state index contributed by atoms with van der Waals surface area (Å²) in [5, 5.41) is 4.07. The average molecular weight is 438 g/mol. The van der Waals surface area contributed by atoms with Gasteiger partial charge in [-0.25, -0.2) is 8.42 Å². The van der Waals surface area contributed by atoms with Crippen molar-refractivity contribution >= 4 is 32.4 Å². The highest BCUT2D eigenvalue weighted by Crippen LogP contribution is 2.24. The Morgan fingerprint density at radius 1 is 1.00 bits per heavy atom. The van der Waals surface area contributed by atoms with E-state index in [4.69, 9.17) is 0 Å². The van der Waals surface area contributed by atoms with Crippen molar-refractivity contribution in [1.82, 2.24) is 4.31 Å². The van der Waals surface area contributed by atoms with Crippen LogP contribution in [0.2, 0.25) is 0 Å². The topological polar surface area (TPSA) is 75.7 Å². The van der Waals surface area contributed by atoms with E-state index < -0.39 is 34.6 Å². The summed E-state index contributed by atoms with van der Waals surface area (Å²) in [4.78, 5) is 12.2. The molecular weight excluding hydrogens is 421 g/mol. The predicted molar refractivity (Wildman–Crippen MR) is 106 cm³/mol. The van der Waals surface area contributed by atoms with Crippen LogP contribution in [0.4, 0.5) is 18.9 Å². The van der Waals surface area contributed by atoms with Crippen LogP contribution < -0.4 is 10.1 Å². The van der Waals surface area contributed by atoms with Gasteiger partial charge in [0.25, 0.3) is 0 Å². The number of amides is 1. The lowest BCUT2D eigenvalue weighted by Crippen LogP contribution is -2.34. The Morgan fingerprint density at radius 2 is 1.63 bits per heavy atom. The van der Waals surface area contributed by atoms with Crippen molar-refractivity contribution in [2.75, 3.05) is 18.9 Å². The van der Waals surface area contributed by atoms with Gasteiger partial charge in [-0.1, -0.05) is 30.3 Å². The number of carbonyl (C=O) groups is 1. The highest BCUT2D eigenvalue weighted by molar-refractivity contribution is 7.89. The lowest BCUT2D eigenvalue weighted by molar-refractivity contribution is -0.274. The normalized spacial score (nSPS) is 12.2. The van der Waals surface area contributed by atoms with Crippen molar-refractivity contribution in [2.24, 2.45) is 0 Å². The van der Waals surface area contributed by atoms with Crippen molar-refractivity contribution in [2.45, 2.75) is 11.3 Å². The number of anilines is 1. The number of carbonyl (C=O) groups excluding carboxylic acids is 1. The minimum Gasteiger partial charge on any atom is -0.406 e. The molecule has 3 rings (SSSR count). The van der Waals surface area contributed by atoms with Gasteiger partial charge in [0.05, 0.1) is 11.4 Å². The first-order chi connectivity index (χ1) is 14.0. The average Bonchev–Trinajstić information content (AvgIpc) is 2.68. The molecule has 3 aromatic carbocycles. The Balaban J connectivity index is 1.66. The number of rotatable bonds is 6. The molecule has 0 aromatic heterocycles. The van der Waals surface area contributed by atoms with Gasteiger partial charge in [0.2, 0.25) is 15.9 Å². The molecule has 0 saturated carbocycles. The molecule has 0 saturated heterocycles. The highest BCUT2D eigenvalue weighted by atomic mass is 32.2. The van der Waals surface area contributed by atoms with Crippen molar-refractivity contribution in [3.8, 4) is 5.75 Å². The summed E-state index contributed by atoms with van der Waals surface area (Å²) in [6, 6.07) is 16.5. The zero-order chi connectivity index (χ0) is 21.9. The van der Waals surface area contributed by atoms with Crippen LogP contribution in [0.25, 0.3) is 10.8 Å². The van der Waals surface area contributed by atoms with E-state index in [2.05, 4.69) is 10.1 Å². The second kappa shape index (κ2) is 8.33. The van der Waals surface area contributed by atoms with Gasteiger partial charge in [0, 0.05) is 12.7 Å². The number of ether oxygens (including phenoxy) is 1. The van der Waals surface area contributed by atoms with E-state index >= 15 is 0 Å². The Morgan fingerprint density at radius 3 is 2.27 bits per heavy atom. The van der Waals surface area contributed by atoms with Gasteiger partial charge < -0.3 is 10.1 Å². The number of alkyl halides is 3. The van der Waals surface area contributed by atoms with Crippen LogP contribution in [0.1, 0.15) is 0 Å². The van der Waals surface area contributed by atoms with Crippen LogP contribution in [0.15, 0.2) is 71.6 Å². The van der Waals surface area contributed by atoms with Gasteiger partial charge in [-0.2, -0.15) is 4.31 Å². The van der Waals surface area contributed by atoms with Gasteiger partial charge in [0.1, 0.15) is 5.75 Å². The van der Waals surface area contributed by atoms with Crippen molar-refractivity contribution in [3.05, 3.63) is 66.7 Å². The molecule has 0 fully saturated rings. The summed E-state index contributed by atoms with van der Waals surface area (Å²) in [5.74, 6) is -1.08. The van der Waals surface area contributed by atoms with Gasteiger partial charge in [-0.15, -0.1) is 13.2 Å². The summed E-state index contributed by atoms with van der Waals surface area (Å²) >= 11 is 0. The minimum atomic E-state index is -4.81. The van der Waals surface area contributed by atoms with Crippen LogP contribution in [-0.4, -0.2) is 38.6 Å². The zero-order valence-electron chi connectivity index (χ0n) is 15.7. The van der Waals surface area contributed by atoms with Gasteiger partial charge in [0.15, 0.2) is 0 Å². The summed E-state index contributed by atoms with van der Waals surface area (Å²) in [5.41, 5.74) is 0.200. The fourth-order valence-corrected chi connectivity index (χ4v) is 3.90. The number of benzene rings is 3. The van der Waals surface area contributed by atoms with E-state index in [-0.39, 0.29) is 10.6 Å². The summed E-state index contributed by atoms with van der Waals surface area (Å²) in [7, 11) is -2.65. The third-order valence-corrected chi connectivity index (χ3v) is 5.97. The quantitative estimate of drug-likeness (QED) is 0.631. The molecule has 0 radical (unpaired) electrons. The fraction of sp³-hybridized carbons (Fsp3) is 0.150. The lowest BCUT2D eigenvalue weighted by atomic mass is 10.1. The second-order valence-corrected chi connectivity index (χ2v) is 8.44. The molecule has 0 bridgehead atoms. The molecule has 0 spiro atoms. The number of nitrogens with one attached hydrogen (secondary N) is 1. The number of likely N-dealkylation sites (N-methyl/N-ethyl adjacent to an activating group) is 1. The first kappa shape index (κ1) is 21.6. The largest absolute Gasteiger partial charge is 0.573 e. The number of sulfonamides is 1. The summed E-state index contributed by atoms with van der Waals surface area (Å²) in [6.45, 7) is -0.476. The molecule has 10 heteroatoms. The standard InChI is InChI=1S/C20H17F3N2O4S/c1-25(30(27,28)18-11-6-14-4-2-3-5-15(14)12-18)13-19(26)24-16-7-9-17(10-8-16)29-20(21,22)23/h2-12H,13H2,1H3,(H,24,26). The molecule has 3 aromatic rings. The molecule has 0 aliphatic carbocycles. The van der Waals surface area contributed by atoms with Crippen molar-refractivity contribution < 1.29 is 31.1 Å². The molecule has 1 N–H and O–H groups in total. The predicted octanol–water partition coefficient (Wildman–Crippen LogP) is 4.00. The number of fused-ring (bicyclic) bond motifs is 1. The van der Waals surface area contributed by atoms with Crippen LogP contribution >= 0.6 is 0 Å². The highest BCUT2D eigenvalue weighted by Gasteiger charge is 2.31. The molecule has 158 valence electrons. The van der Waals surface area contributed by atoms with Gasteiger partial charge in [-0.3, -0.25) is 4.79 Å². The number of hydrogen-bond acceptors (Lipinski definition) is 4. The van der Waals surface area contributed by atoms with Gasteiger partial charge in [-0.05, 0) is 47.2 Å². The Bertz CT molecular complexity index is 1160. The third kappa shape index (κ3) is 5.28. The van der Waals surface area contributed by atoms with Crippen LogP contribution in [0.3, 0.4) is 0 Å². The van der Waals surface area contributed by atoms with E-state index in [1.165, 1.54) is 31.3 Å². The molecule has 30 heavy (non-hydrogen) atoms. The molecule has 6 nitrogen and oxygen atoms in total. The van der Waals surface area contributed by atoms with Crippen LogP contribution in [0.5, 0.6) is 5.75 Å². The maximum absolute atomic E-state index is 12.8. The minimum absolute atomic E-state index is 0.0464. The second-order valence-electron chi connectivity index (χ2n) is 6.39. The monoisotopic (exact) mass is 438 g/mol. The van der Waals surface area contributed by atoms with E-state index in [1.807, 2.05) is 12.1 Å². The Hall–Kier alpha value is -3.11. The van der Waals surface area contributed by atoms with Gasteiger partial charge >= 0.3 is 6.36 Å². The van der Waals surface area contributed by atoms with E-state index in [1.54, 1.807) is 18.2 Å². The molecule has 0 unspecified atom stereocenters. The zero-order valence-corrected chi connectivity index (χ0v) is 16.5. The smallest absolute Gasteiger partial charge is 0.406 e.